The van der Waals surface area contributed by atoms with Crippen molar-refractivity contribution in [1.29, 1.82) is 0 Å². The third-order valence-electron chi connectivity index (χ3n) is 6.02. The molecule has 1 aromatic carbocycles. The first kappa shape index (κ1) is 21.9. The summed E-state index contributed by atoms with van der Waals surface area (Å²) in [5.41, 5.74) is 2.83. The predicted molar refractivity (Wildman–Crippen MR) is 122 cm³/mol. The van der Waals surface area contributed by atoms with Crippen molar-refractivity contribution in [3.8, 4) is 0 Å². The van der Waals surface area contributed by atoms with E-state index in [0.29, 0.717) is 55.2 Å². The van der Waals surface area contributed by atoms with Crippen molar-refractivity contribution < 1.29 is 14.6 Å². The molecule has 0 spiro atoms. The van der Waals surface area contributed by atoms with E-state index < -0.39 is 0 Å². The number of morpholine rings is 1. The van der Waals surface area contributed by atoms with E-state index in [9.17, 15) is 9.90 Å². The summed E-state index contributed by atoms with van der Waals surface area (Å²) in [6, 6.07) is 10.1. The number of nitrogens with one attached hydrogen (secondary N) is 1. The Morgan fingerprint density at radius 2 is 1.87 bits per heavy atom. The number of aromatic nitrogens is 1. The molecule has 1 amide bonds. The van der Waals surface area contributed by atoms with Crippen LogP contribution in [0.5, 0.6) is 0 Å². The van der Waals surface area contributed by atoms with Gasteiger partial charge in [0.1, 0.15) is 5.82 Å². The second-order valence-electron chi connectivity index (χ2n) is 8.09. The average Bonchev–Trinajstić information content (AvgIpc) is 2.84. The van der Waals surface area contributed by atoms with Crippen LogP contribution in [0.1, 0.15) is 28.8 Å². The SMILES string of the molecule is O=C(c1cnc(NCc2ccc(N3CCC(CO)CC3)cc2)c(Cl)c1)N1CCOCC1. The van der Waals surface area contributed by atoms with E-state index in [1.165, 1.54) is 5.69 Å². The quantitative estimate of drug-likeness (QED) is 0.713. The molecule has 166 valence electrons. The lowest BCUT2D eigenvalue weighted by atomic mass is 9.97. The minimum absolute atomic E-state index is 0.0668. The number of carbonyl (C=O) groups excluding carboxylic acids is 1. The molecule has 0 bridgehead atoms. The zero-order chi connectivity index (χ0) is 21.6. The molecular weight excluding hydrogens is 416 g/mol. The first-order valence-electron chi connectivity index (χ1n) is 10.8. The van der Waals surface area contributed by atoms with Gasteiger partial charge in [-0.3, -0.25) is 4.79 Å². The number of carbonyl (C=O) groups is 1. The Bertz CT molecular complexity index is 879. The zero-order valence-corrected chi connectivity index (χ0v) is 18.4. The Labute approximate surface area is 188 Å². The largest absolute Gasteiger partial charge is 0.396 e. The Morgan fingerprint density at radius 1 is 1.16 bits per heavy atom. The van der Waals surface area contributed by atoms with Gasteiger partial charge in [0.15, 0.2) is 0 Å². The summed E-state index contributed by atoms with van der Waals surface area (Å²) < 4.78 is 5.30. The predicted octanol–water partition coefficient (Wildman–Crippen LogP) is 3.03. The van der Waals surface area contributed by atoms with Crippen LogP contribution in [0, 0.1) is 5.92 Å². The molecule has 2 aliphatic rings. The van der Waals surface area contributed by atoms with Gasteiger partial charge in [-0.15, -0.1) is 0 Å². The third-order valence-corrected chi connectivity index (χ3v) is 6.31. The van der Waals surface area contributed by atoms with E-state index in [4.69, 9.17) is 16.3 Å². The maximum absolute atomic E-state index is 12.6. The second-order valence-corrected chi connectivity index (χ2v) is 8.50. The van der Waals surface area contributed by atoms with E-state index >= 15 is 0 Å². The summed E-state index contributed by atoms with van der Waals surface area (Å²) >= 11 is 6.38. The molecule has 8 heteroatoms. The molecule has 1 aromatic heterocycles. The van der Waals surface area contributed by atoms with Crippen LogP contribution >= 0.6 is 11.6 Å². The first-order valence-corrected chi connectivity index (χ1v) is 11.2. The average molecular weight is 445 g/mol. The topological polar surface area (TPSA) is 77.9 Å². The molecule has 2 aromatic rings. The molecule has 31 heavy (non-hydrogen) atoms. The van der Waals surface area contributed by atoms with Crippen molar-refractivity contribution in [3.05, 3.63) is 52.7 Å². The number of aliphatic hydroxyl groups is 1. The van der Waals surface area contributed by atoms with E-state index in [2.05, 4.69) is 39.5 Å². The molecule has 2 saturated heterocycles. The van der Waals surface area contributed by atoms with Gasteiger partial charge in [0.2, 0.25) is 0 Å². The molecule has 4 rings (SSSR count). The van der Waals surface area contributed by atoms with Crippen molar-refractivity contribution in [1.82, 2.24) is 9.88 Å². The molecule has 0 atom stereocenters. The van der Waals surface area contributed by atoms with Crippen LogP contribution in [0.2, 0.25) is 5.02 Å². The van der Waals surface area contributed by atoms with E-state index in [1.807, 2.05) is 0 Å². The number of piperidine rings is 1. The van der Waals surface area contributed by atoms with Gasteiger partial charge >= 0.3 is 0 Å². The lowest BCUT2D eigenvalue weighted by Gasteiger charge is -2.33. The molecule has 2 aliphatic heterocycles. The standard InChI is InChI=1S/C23H29ClN4O3/c24-21-13-19(23(30)28-9-11-31-12-10-28)15-26-22(21)25-14-17-1-3-20(4-2-17)27-7-5-18(16-29)6-8-27/h1-4,13,15,18,29H,5-12,14,16H2,(H,25,26). The molecule has 2 fully saturated rings. The fourth-order valence-electron chi connectivity index (χ4n) is 4.02. The van der Waals surface area contributed by atoms with Crippen LogP contribution in [0.15, 0.2) is 36.5 Å². The molecule has 0 aliphatic carbocycles. The van der Waals surface area contributed by atoms with Crippen molar-refractivity contribution >= 4 is 29.0 Å². The summed E-state index contributed by atoms with van der Waals surface area (Å²) in [5.74, 6) is 0.936. The van der Waals surface area contributed by atoms with Gasteiger partial charge in [0.25, 0.3) is 5.91 Å². The number of amides is 1. The van der Waals surface area contributed by atoms with Crippen molar-refractivity contribution in [2.75, 3.05) is 56.2 Å². The van der Waals surface area contributed by atoms with Crippen LogP contribution < -0.4 is 10.2 Å². The highest BCUT2D eigenvalue weighted by atomic mass is 35.5. The molecule has 3 heterocycles. The Balaban J connectivity index is 1.32. The minimum Gasteiger partial charge on any atom is -0.396 e. The second kappa shape index (κ2) is 10.3. The van der Waals surface area contributed by atoms with Crippen LogP contribution in [-0.4, -0.2) is 66.9 Å². The van der Waals surface area contributed by atoms with Crippen LogP contribution in [-0.2, 0) is 11.3 Å². The van der Waals surface area contributed by atoms with Gasteiger partial charge in [0.05, 0.1) is 23.8 Å². The number of pyridine rings is 1. The maximum Gasteiger partial charge on any atom is 0.255 e. The highest BCUT2D eigenvalue weighted by molar-refractivity contribution is 6.33. The smallest absolute Gasteiger partial charge is 0.255 e. The highest BCUT2D eigenvalue weighted by Gasteiger charge is 2.20. The summed E-state index contributed by atoms with van der Waals surface area (Å²) in [7, 11) is 0. The third kappa shape index (κ3) is 5.47. The number of rotatable bonds is 6. The number of benzene rings is 1. The number of nitrogens with zero attached hydrogens (tertiary/aromatic N) is 3. The molecule has 0 radical (unpaired) electrons. The number of anilines is 2. The fraction of sp³-hybridized carbons (Fsp3) is 0.478. The maximum atomic E-state index is 12.6. The van der Waals surface area contributed by atoms with E-state index in [-0.39, 0.29) is 12.5 Å². The van der Waals surface area contributed by atoms with E-state index in [1.54, 1.807) is 17.2 Å². The highest BCUT2D eigenvalue weighted by Crippen LogP contribution is 2.25. The number of aliphatic hydroxyl groups excluding tert-OH is 1. The van der Waals surface area contributed by atoms with Crippen LogP contribution in [0.3, 0.4) is 0 Å². The van der Waals surface area contributed by atoms with Crippen molar-refractivity contribution in [2.45, 2.75) is 19.4 Å². The first-order chi connectivity index (χ1) is 15.1. The van der Waals surface area contributed by atoms with Gasteiger partial charge in [-0.1, -0.05) is 23.7 Å². The lowest BCUT2D eigenvalue weighted by molar-refractivity contribution is 0.0302. The number of halogens is 1. The zero-order valence-electron chi connectivity index (χ0n) is 17.6. The van der Waals surface area contributed by atoms with Crippen molar-refractivity contribution in [3.63, 3.8) is 0 Å². The van der Waals surface area contributed by atoms with Gasteiger partial charge in [-0.2, -0.15) is 0 Å². The van der Waals surface area contributed by atoms with Gasteiger partial charge in [-0.25, -0.2) is 4.98 Å². The molecule has 7 nitrogen and oxygen atoms in total. The summed E-state index contributed by atoms with van der Waals surface area (Å²) in [5, 5.41) is 13.0. The normalized spacial score (nSPS) is 17.6. The number of ether oxygens (including phenoxy) is 1. The minimum atomic E-state index is -0.0668. The number of hydrogen-bond donors (Lipinski definition) is 2. The lowest BCUT2D eigenvalue weighted by Crippen LogP contribution is -2.40. The number of hydrogen-bond acceptors (Lipinski definition) is 6. The molecule has 0 unspecified atom stereocenters. The van der Waals surface area contributed by atoms with Gasteiger partial charge in [0, 0.05) is 51.2 Å². The Hall–Kier alpha value is -2.35. The molecular formula is C23H29ClN4O3. The Morgan fingerprint density at radius 3 is 2.52 bits per heavy atom. The van der Waals surface area contributed by atoms with Gasteiger partial charge in [-0.05, 0) is 42.5 Å². The Kier molecular flexibility index (Phi) is 7.27. The van der Waals surface area contributed by atoms with Crippen LogP contribution in [0.4, 0.5) is 11.5 Å². The summed E-state index contributed by atoms with van der Waals surface area (Å²) in [6.45, 7) is 5.15. The fourth-order valence-corrected chi connectivity index (χ4v) is 4.25. The summed E-state index contributed by atoms with van der Waals surface area (Å²) in [4.78, 5) is 21.1. The van der Waals surface area contributed by atoms with E-state index in [0.717, 1.165) is 31.5 Å². The van der Waals surface area contributed by atoms with Crippen molar-refractivity contribution in [2.24, 2.45) is 5.92 Å². The van der Waals surface area contributed by atoms with Gasteiger partial charge < -0.3 is 25.0 Å². The molecule has 0 saturated carbocycles. The molecule has 2 N–H and O–H groups in total. The van der Waals surface area contributed by atoms with Crippen LogP contribution in [0.25, 0.3) is 0 Å². The summed E-state index contributed by atoms with van der Waals surface area (Å²) in [6.07, 6.45) is 3.65. The monoisotopic (exact) mass is 444 g/mol.